The summed E-state index contributed by atoms with van der Waals surface area (Å²) in [5.41, 5.74) is 1.16. The molecule has 0 saturated heterocycles. The molecule has 13 heavy (non-hydrogen) atoms. The van der Waals surface area contributed by atoms with Crippen molar-refractivity contribution >= 4 is 34.3 Å². The third-order valence-corrected chi connectivity index (χ3v) is 2.95. The van der Waals surface area contributed by atoms with Gasteiger partial charge in [-0.1, -0.05) is 0 Å². The van der Waals surface area contributed by atoms with E-state index in [1.54, 1.807) is 12.3 Å². The van der Waals surface area contributed by atoms with Crippen LogP contribution in [-0.4, -0.2) is 10.9 Å². The summed E-state index contributed by atoms with van der Waals surface area (Å²) in [6, 6.07) is 1.63. The Morgan fingerprint density at radius 3 is 3.08 bits per heavy atom. The van der Waals surface area contributed by atoms with Crippen molar-refractivity contribution in [2.24, 2.45) is 0 Å². The van der Waals surface area contributed by atoms with Crippen LogP contribution in [0.2, 0.25) is 0 Å². The lowest BCUT2D eigenvalue weighted by Crippen LogP contribution is -2.21. The van der Waals surface area contributed by atoms with Crippen molar-refractivity contribution in [2.75, 3.05) is 5.32 Å². The Kier molecular flexibility index (Phi) is 1.79. The summed E-state index contributed by atoms with van der Waals surface area (Å²) in [5.74, 6) is -0.325. The van der Waals surface area contributed by atoms with Gasteiger partial charge in [0.05, 0.1) is 5.56 Å². The first-order valence-electron chi connectivity index (χ1n) is 3.68. The molecule has 0 spiro atoms. The molecule has 1 aromatic heterocycles. The number of carbonyl (C=O) groups is 1. The van der Waals surface area contributed by atoms with Gasteiger partial charge < -0.3 is 5.32 Å². The van der Waals surface area contributed by atoms with Gasteiger partial charge in [0.2, 0.25) is 0 Å². The van der Waals surface area contributed by atoms with Gasteiger partial charge in [-0.2, -0.15) is 0 Å². The van der Waals surface area contributed by atoms with Crippen molar-refractivity contribution in [2.45, 2.75) is 10.6 Å². The van der Waals surface area contributed by atoms with E-state index >= 15 is 0 Å². The first-order valence-corrected chi connectivity index (χ1v) is 4.76. The van der Waals surface area contributed by atoms with Gasteiger partial charge >= 0.3 is 0 Å². The first-order chi connectivity index (χ1) is 6.01. The lowest BCUT2D eigenvalue weighted by atomic mass is 10.1. The highest BCUT2D eigenvalue weighted by Crippen LogP contribution is 2.43. The molecule has 0 fully saturated rings. The van der Waals surface area contributed by atoms with Crippen molar-refractivity contribution in [1.29, 1.82) is 0 Å². The topological polar surface area (TPSA) is 42.0 Å². The van der Waals surface area contributed by atoms with Crippen LogP contribution in [0.3, 0.4) is 0 Å². The molecule has 1 aliphatic heterocycles. The number of nitrogens with one attached hydrogen (secondary N) is 1. The fraction of sp³-hybridized carbons (Fsp3) is 0.250. The summed E-state index contributed by atoms with van der Waals surface area (Å²) in [6.45, 7) is 1.81. The maximum Gasteiger partial charge on any atom is 0.278 e. The third-order valence-electron chi connectivity index (χ3n) is 1.88. The molecule has 1 unspecified atom stereocenters. The van der Waals surface area contributed by atoms with Gasteiger partial charge in [-0.25, -0.2) is 9.37 Å². The highest BCUT2D eigenvalue weighted by atomic mass is 127. The van der Waals surface area contributed by atoms with Crippen LogP contribution in [0, 0.1) is 6.92 Å². The smallest absolute Gasteiger partial charge is 0.278 e. The van der Waals surface area contributed by atoms with Crippen LogP contribution in [0.5, 0.6) is 0 Å². The number of alkyl halides is 2. The SMILES string of the molecule is Cc1cnc2c(c1)C(F)(I)C(=O)N2. The Morgan fingerprint density at radius 1 is 1.69 bits per heavy atom. The molecule has 0 aliphatic carbocycles. The maximum absolute atomic E-state index is 13.7. The van der Waals surface area contributed by atoms with Crippen molar-refractivity contribution < 1.29 is 9.18 Å². The molecular weight excluding hydrogens is 286 g/mol. The van der Waals surface area contributed by atoms with Crippen LogP contribution in [0.15, 0.2) is 12.3 Å². The summed E-state index contributed by atoms with van der Waals surface area (Å²) in [6.07, 6.45) is 1.59. The number of amides is 1. The molecule has 1 N–H and O–H groups in total. The summed E-state index contributed by atoms with van der Waals surface area (Å²) in [5, 5.41) is 2.38. The Bertz CT molecular complexity index is 392. The number of fused-ring (bicyclic) bond motifs is 1. The monoisotopic (exact) mass is 292 g/mol. The number of hydrogen-bond acceptors (Lipinski definition) is 2. The summed E-state index contributed by atoms with van der Waals surface area (Å²) >= 11 is 1.48. The molecule has 1 aromatic rings. The Hall–Kier alpha value is -0.720. The van der Waals surface area contributed by atoms with Gasteiger partial charge in [0.1, 0.15) is 5.82 Å². The molecule has 2 heterocycles. The highest BCUT2D eigenvalue weighted by Gasteiger charge is 2.46. The molecule has 68 valence electrons. The van der Waals surface area contributed by atoms with Crippen molar-refractivity contribution in [1.82, 2.24) is 4.98 Å². The number of halogens is 2. The number of carbonyl (C=O) groups excluding carboxylic acids is 1. The normalized spacial score (nSPS) is 25.6. The molecule has 5 heteroatoms. The van der Waals surface area contributed by atoms with E-state index in [4.69, 9.17) is 0 Å². The molecule has 2 rings (SSSR count). The number of anilines is 1. The van der Waals surface area contributed by atoms with Gasteiger partial charge in [-0.05, 0) is 41.1 Å². The summed E-state index contributed by atoms with van der Waals surface area (Å²) < 4.78 is 11.7. The largest absolute Gasteiger partial charge is 0.306 e. The predicted octanol–water partition coefficient (Wildman–Crippen LogP) is 1.90. The van der Waals surface area contributed by atoms with Gasteiger partial charge in [0.15, 0.2) is 0 Å². The summed E-state index contributed by atoms with van der Waals surface area (Å²) in [7, 11) is 0. The molecule has 1 amide bonds. The Labute approximate surface area is 87.9 Å². The van der Waals surface area contributed by atoms with Crippen LogP contribution in [0.4, 0.5) is 10.2 Å². The van der Waals surface area contributed by atoms with E-state index in [0.717, 1.165) is 5.56 Å². The van der Waals surface area contributed by atoms with Crippen molar-refractivity contribution in [3.8, 4) is 0 Å². The quantitative estimate of drug-likeness (QED) is 0.586. The van der Waals surface area contributed by atoms with E-state index in [9.17, 15) is 9.18 Å². The van der Waals surface area contributed by atoms with Gasteiger partial charge in [-0.15, -0.1) is 0 Å². The van der Waals surface area contributed by atoms with Gasteiger partial charge in [-0.3, -0.25) is 4.79 Å². The van der Waals surface area contributed by atoms with E-state index in [2.05, 4.69) is 10.3 Å². The predicted molar refractivity (Wildman–Crippen MR) is 54.4 cm³/mol. The minimum atomic E-state index is -1.97. The van der Waals surface area contributed by atoms with Gasteiger partial charge in [0, 0.05) is 6.20 Å². The zero-order valence-corrected chi connectivity index (χ0v) is 8.92. The zero-order valence-electron chi connectivity index (χ0n) is 6.77. The second-order valence-corrected chi connectivity index (χ2v) is 4.42. The highest BCUT2D eigenvalue weighted by molar-refractivity contribution is 14.1. The third kappa shape index (κ3) is 1.21. The van der Waals surface area contributed by atoms with E-state index < -0.39 is 9.58 Å². The number of rotatable bonds is 0. The number of hydrogen-bond donors (Lipinski definition) is 1. The zero-order chi connectivity index (χ0) is 9.64. The number of aromatic nitrogens is 1. The molecule has 0 saturated carbocycles. The molecular formula is C8H6FIN2O. The Balaban J connectivity index is 2.64. The molecule has 1 aliphatic rings. The van der Waals surface area contributed by atoms with E-state index in [1.165, 1.54) is 22.6 Å². The van der Waals surface area contributed by atoms with Crippen LogP contribution < -0.4 is 5.32 Å². The number of aryl methyl sites for hydroxylation is 1. The maximum atomic E-state index is 13.7. The van der Waals surface area contributed by atoms with E-state index in [1.807, 2.05) is 6.92 Å². The molecule has 0 aromatic carbocycles. The minimum Gasteiger partial charge on any atom is -0.306 e. The molecule has 0 radical (unpaired) electrons. The average Bonchev–Trinajstić information content (AvgIpc) is 2.27. The second-order valence-electron chi connectivity index (χ2n) is 2.94. The van der Waals surface area contributed by atoms with Crippen LogP contribution >= 0.6 is 22.6 Å². The first kappa shape index (κ1) is 8.86. The molecule has 0 bridgehead atoms. The van der Waals surface area contributed by atoms with Crippen LogP contribution in [0.25, 0.3) is 0 Å². The fourth-order valence-corrected chi connectivity index (χ4v) is 1.76. The van der Waals surface area contributed by atoms with Crippen molar-refractivity contribution in [3.05, 3.63) is 23.4 Å². The van der Waals surface area contributed by atoms with Crippen LogP contribution in [-0.2, 0) is 8.47 Å². The average molecular weight is 292 g/mol. The van der Waals surface area contributed by atoms with E-state index in [-0.39, 0.29) is 0 Å². The van der Waals surface area contributed by atoms with Gasteiger partial charge in [0.25, 0.3) is 9.58 Å². The van der Waals surface area contributed by atoms with Crippen molar-refractivity contribution in [3.63, 3.8) is 0 Å². The summed E-state index contributed by atoms with van der Waals surface area (Å²) in [4.78, 5) is 15.1. The molecule has 3 nitrogen and oxygen atoms in total. The fourth-order valence-electron chi connectivity index (χ4n) is 1.22. The lowest BCUT2D eigenvalue weighted by molar-refractivity contribution is -0.121. The van der Waals surface area contributed by atoms with Crippen LogP contribution in [0.1, 0.15) is 11.1 Å². The second kappa shape index (κ2) is 2.63. The standard InChI is InChI=1S/C8H6FIN2O/c1-4-2-5-6(11-3-4)12-7(13)8(5,9)10/h2-3H,1H3,(H,11,12,13). The lowest BCUT2D eigenvalue weighted by Gasteiger charge is -2.07. The Morgan fingerprint density at radius 2 is 2.38 bits per heavy atom. The van der Waals surface area contributed by atoms with E-state index in [0.29, 0.717) is 11.4 Å². The number of nitrogens with zero attached hydrogens (tertiary/aromatic N) is 1. The molecule has 1 atom stereocenters. The minimum absolute atomic E-state index is 0.318. The number of pyridine rings is 1.